The van der Waals surface area contributed by atoms with Gasteiger partial charge in [0, 0.05) is 38.8 Å². The number of nitrogens with one attached hydrogen (secondary N) is 2. The van der Waals surface area contributed by atoms with Crippen LogP contribution in [0.3, 0.4) is 0 Å². The van der Waals surface area contributed by atoms with Crippen molar-refractivity contribution in [3.05, 3.63) is 0 Å². The Bertz CT molecular complexity index is 303. The Morgan fingerprint density at radius 1 is 1.13 bits per heavy atom. The molecular formula is C18H38N4O. The Labute approximate surface area is 143 Å². The molecule has 1 heterocycles. The van der Waals surface area contributed by atoms with Gasteiger partial charge in [0.15, 0.2) is 5.96 Å². The molecule has 136 valence electrons. The van der Waals surface area contributed by atoms with Gasteiger partial charge in [-0.3, -0.25) is 9.89 Å². The molecule has 5 heteroatoms. The van der Waals surface area contributed by atoms with E-state index in [0.717, 1.165) is 58.3 Å². The summed E-state index contributed by atoms with van der Waals surface area (Å²) in [5.41, 5.74) is 0. The molecule has 1 unspecified atom stereocenters. The second-order valence-electron chi connectivity index (χ2n) is 6.46. The van der Waals surface area contributed by atoms with Crippen LogP contribution in [-0.4, -0.2) is 62.8 Å². The lowest BCUT2D eigenvalue weighted by atomic mass is 10.1. The highest BCUT2D eigenvalue weighted by Gasteiger charge is 2.09. The largest absolute Gasteiger partial charge is 0.379 e. The van der Waals surface area contributed by atoms with Crippen LogP contribution in [0.15, 0.2) is 4.99 Å². The summed E-state index contributed by atoms with van der Waals surface area (Å²) in [4.78, 5) is 7.19. The van der Waals surface area contributed by atoms with E-state index in [2.05, 4.69) is 36.3 Å². The van der Waals surface area contributed by atoms with Crippen molar-refractivity contribution in [3.8, 4) is 0 Å². The van der Waals surface area contributed by atoms with Gasteiger partial charge in [-0.05, 0) is 26.7 Å². The fourth-order valence-electron chi connectivity index (χ4n) is 2.81. The molecular weight excluding hydrogens is 288 g/mol. The third-order valence-corrected chi connectivity index (χ3v) is 4.22. The van der Waals surface area contributed by atoms with Gasteiger partial charge in [0.05, 0.1) is 13.2 Å². The van der Waals surface area contributed by atoms with E-state index < -0.39 is 0 Å². The number of aliphatic imine (C=N–C) groups is 1. The molecule has 2 N–H and O–H groups in total. The summed E-state index contributed by atoms with van der Waals surface area (Å²) in [5, 5.41) is 6.90. The number of rotatable bonds is 11. The zero-order chi connectivity index (χ0) is 16.8. The van der Waals surface area contributed by atoms with Crippen LogP contribution in [-0.2, 0) is 4.74 Å². The fourth-order valence-corrected chi connectivity index (χ4v) is 2.81. The Morgan fingerprint density at radius 2 is 1.91 bits per heavy atom. The number of nitrogens with zero attached hydrogens (tertiary/aromatic N) is 2. The van der Waals surface area contributed by atoms with Crippen molar-refractivity contribution in [1.82, 2.24) is 15.5 Å². The zero-order valence-electron chi connectivity index (χ0n) is 15.6. The van der Waals surface area contributed by atoms with Crippen LogP contribution >= 0.6 is 0 Å². The number of morpholine rings is 1. The highest BCUT2D eigenvalue weighted by atomic mass is 16.5. The molecule has 1 saturated heterocycles. The Balaban J connectivity index is 2.20. The predicted octanol–water partition coefficient (Wildman–Crippen LogP) is 2.62. The number of unbranched alkanes of at least 4 members (excludes halogenated alkanes) is 3. The fraction of sp³-hybridized carbons (Fsp3) is 0.944. The van der Waals surface area contributed by atoms with Crippen molar-refractivity contribution >= 4 is 5.96 Å². The monoisotopic (exact) mass is 326 g/mol. The minimum Gasteiger partial charge on any atom is -0.379 e. The Hall–Kier alpha value is -0.810. The van der Waals surface area contributed by atoms with Crippen LogP contribution in [0.25, 0.3) is 0 Å². The Morgan fingerprint density at radius 3 is 2.61 bits per heavy atom. The standard InChI is InChI=1S/C18H38N4O/c1-4-6-7-8-10-17(3)21-18(19-5-2)20-11-9-12-22-13-15-23-16-14-22/h17H,4-16H2,1-3H3,(H2,19,20,21). The minimum atomic E-state index is 0.490. The number of hydrogen-bond acceptors (Lipinski definition) is 3. The molecule has 0 aromatic carbocycles. The molecule has 5 nitrogen and oxygen atoms in total. The molecule has 1 aliphatic heterocycles. The molecule has 1 rings (SSSR count). The van der Waals surface area contributed by atoms with Crippen LogP contribution in [0.1, 0.15) is 59.3 Å². The van der Waals surface area contributed by atoms with E-state index in [1.807, 2.05) is 0 Å². The summed E-state index contributed by atoms with van der Waals surface area (Å²) in [6.07, 6.45) is 7.63. The van der Waals surface area contributed by atoms with Crippen LogP contribution in [0.4, 0.5) is 0 Å². The zero-order valence-corrected chi connectivity index (χ0v) is 15.6. The molecule has 1 aliphatic rings. The second kappa shape index (κ2) is 13.6. The minimum absolute atomic E-state index is 0.490. The van der Waals surface area contributed by atoms with Crippen molar-refractivity contribution in [1.29, 1.82) is 0 Å². The average molecular weight is 327 g/mol. The van der Waals surface area contributed by atoms with Gasteiger partial charge in [0.1, 0.15) is 0 Å². The summed E-state index contributed by atoms with van der Waals surface area (Å²) in [5.74, 6) is 0.970. The maximum Gasteiger partial charge on any atom is 0.191 e. The van der Waals surface area contributed by atoms with Crippen LogP contribution < -0.4 is 10.6 Å². The van der Waals surface area contributed by atoms with Gasteiger partial charge in [-0.1, -0.05) is 32.6 Å². The quantitative estimate of drug-likeness (QED) is 0.348. The molecule has 1 fully saturated rings. The summed E-state index contributed by atoms with van der Waals surface area (Å²) in [6.45, 7) is 13.4. The molecule has 0 aromatic rings. The van der Waals surface area contributed by atoms with E-state index in [0.29, 0.717) is 6.04 Å². The number of hydrogen-bond donors (Lipinski definition) is 2. The number of guanidine groups is 1. The molecule has 0 bridgehead atoms. The first-order valence-electron chi connectivity index (χ1n) is 9.61. The molecule has 0 amide bonds. The SMILES string of the molecule is CCCCCCC(C)NC(=NCCCN1CCOCC1)NCC. The van der Waals surface area contributed by atoms with Crippen molar-refractivity contribution in [2.45, 2.75) is 65.3 Å². The maximum absolute atomic E-state index is 5.38. The molecule has 1 atom stereocenters. The summed E-state index contributed by atoms with van der Waals surface area (Å²) in [7, 11) is 0. The van der Waals surface area contributed by atoms with Gasteiger partial charge in [-0.2, -0.15) is 0 Å². The van der Waals surface area contributed by atoms with Gasteiger partial charge in [-0.15, -0.1) is 0 Å². The third-order valence-electron chi connectivity index (χ3n) is 4.22. The van der Waals surface area contributed by atoms with E-state index >= 15 is 0 Å². The first kappa shape index (κ1) is 20.2. The van der Waals surface area contributed by atoms with E-state index in [-0.39, 0.29) is 0 Å². The molecule has 23 heavy (non-hydrogen) atoms. The normalized spacial score (nSPS) is 18.0. The van der Waals surface area contributed by atoms with E-state index in [1.165, 1.54) is 32.1 Å². The topological polar surface area (TPSA) is 48.9 Å². The average Bonchev–Trinajstić information content (AvgIpc) is 2.57. The summed E-state index contributed by atoms with van der Waals surface area (Å²) in [6, 6.07) is 0.490. The lowest BCUT2D eigenvalue weighted by Crippen LogP contribution is -2.42. The second-order valence-corrected chi connectivity index (χ2v) is 6.46. The van der Waals surface area contributed by atoms with Crippen LogP contribution in [0.5, 0.6) is 0 Å². The smallest absolute Gasteiger partial charge is 0.191 e. The van der Waals surface area contributed by atoms with Gasteiger partial charge in [0.2, 0.25) is 0 Å². The molecule has 0 aliphatic carbocycles. The van der Waals surface area contributed by atoms with E-state index in [4.69, 9.17) is 9.73 Å². The lowest BCUT2D eigenvalue weighted by Gasteiger charge is -2.26. The molecule has 0 saturated carbocycles. The van der Waals surface area contributed by atoms with Crippen molar-refractivity contribution in [2.24, 2.45) is 4.99 Å². The van der Waals surface area contributed by atoms with E-state index in [1.54, 1.807) is 0 Å². The molecule has 0 radical (unpaired) electrons. The first-order valence-corrected chi connectivity index (χ1v) is 9.61. The Kier molecular flexibility index (Phi) is 12.0. The lowest BCUT2D eigenvalue weighted by molar-refractivity contribution is 0.0377. The maximum atomic E-state index is 5.38. The summed E-state index contributed by atoms with van der Waals surface area (Å²) < 4.78 is 5.38. The van der Waals surface area contributed by atoms with Crippen molar-refractivity contribution in [3.63, 3.8) is 0 Å². The van der Waals surface area contributed by atoms with E-state index in [9.17, 15) is 0 Å². The molecule has 0 spiro atoms. The van der Waals surface area contributed by atoms with Crippen LogP contribution in [0.2, 0.25) is 0 Å². The van der Waals surface area contributed by atoms with Crippen molar-refractivity contribution in [2.75, 3.05) is 45.9 Å². The van der Waals surface area contributed by atoms with Gasteiger partial charge in [0.25, 0.3) is 0 Å². The van der Waals surface area contributed by atoms with Gasteiger partial charge >= 0.3 is 0 Å². The first-order chi connectivity index (χ1) is 11.3. The highest BCUT2D eigenvalue weighted by molar-refractivity contribution is 5.79. The van der Waals surface area contributed by atoms with Crippen molar-refractivity contribution < 1.29 is 4.74 Å². The van der Waals surface area contributed by atoms with Crippen LogP contribution in [0, 0.1) is 0 Å². The van der Waals surface area contributed by atoms with Gasteiger partial charge < -0.3 is 15.4 Å². The summed E-state index contributed by atoms with van der Waals surface area (Å²) >= 11 is 0. The number of ether oxygens (including phenoxy) is 1. The van der Waals surface area contributed by atoms with Gasteiger partial charge in [-0.25, -0.2) is 0 Å². The predicted molar refractivity (Wildman–Crippen MR) is 99.2 cm³/mol. The molecule has 0 aromatic heterocycles. The highest BCUT2D eigenvalue weighted by Crippen LogP contribution is 2.05. The third kappa shape index (κ3) is 10.6.